The number of fused-ring (bicyclic) bond motifs is 2. The zero-order valence-corrected chi connectivity index (χ0v) is 13.9. The third kappa shape index (κ3) is 2.62. The van der Waals surface area contributed by atoms with Gasteiger partial charge in [-0.1, -0.05) is 6.07 Å². The predicted molar refractivity (Wildman–Crippen MR) is 91.6 cm³/mol. The molecule has 2 heterocycles. The number of imidazole rings is 1. The second-order valence-electron chi connectivity index (χ2n) is 5.45. The molecule has 4 aromatic rings. The van der Waals surface area contributed by atoms with E-state index in [4.69, 9.17) is 0 Å². The minimum Gasteiger partial charge on any atom is -0.326 e. The largest absolute Gasteiger partial charge is 0.326 e. The molecule has 0 aliphatic carbocycles. The number of hydrogen-bond acceptors (Lipinski definition) is 5. The van der Waals surface area contributed by atoms with Crippen LogP contribution in [0.15, 0.2) is 53.1 Å². The molecule has 0 bridgehead atoms. The Hall–Kier alpha value is -2.25. The van der Waals surface area contributed by atoms with Gasteiger partial charge in [-0.3, -0.25) is 0 Å². The van der Waals surface area contributed by atoms with Crippen molar-refractivity contribution in [3.05, 3.63) is 53.8 Å². The number of nitrogens with zero attached hydrogens (tertiary/aromatic N) is 3. The van der Waals surface area contributed by atoms with Crippen molar-refractivity contribution in [1.29, 1.82) is 0 Å². The zero-order chi connectivity index (χ0) is 16.0. The quantitative estimate of drug-likeness (QED) is 0.573. The summed E-state index contributed by atoms with van der Waals surface area (Å²) in [5.74, 6) is 0. The molecule has 116 valence electrons. The summed E-state index contributed by atoms with van der Waals surface area (Å²) in [4.78, 5) is 8.94. The maximum absolute atomic E-state index is 11.7. The van der Waals surface area contributed by atoms with Crippen LogP contribution in [0.5, 0.6) is 0 Å². The van der Waals surface area contributed by atoms with Crippen LogP contribution in [0.2, 0.25) is 0 Å². The average Bonchev–Trinajstić information content (AvgIpc) is 3.12. The minimum atomic E-state index is -3.23. The fourth-order valence-electron chi connectivity index (χ4n) is 2.59. The first-order valence-corrected chi connectivity index (χ1v) is 9.75. The van der Waals surface area contributed by atoms with E-state index in [0.29, 0.717) is 11.4 Å². The van der Waals surface area contributed by atoms with Crippen LogP contribution in [-0.4, -0.2) is 29.2 Å². The van der Waals surface area contributed by atoms with E-state index < -0.39 is 9.84 Å². The summed E-state index contributed by atoms with van der Waals surface area (Å²) in [5, 5.41) is 0. The summed E-state index contributed by atoms with van der Waals surface area (Å²) < 4.78 is 26.6. The Labute approximate surface area is 137 Å². The molecule has 0 saturated carbocycles. The first kappa shape index (κ1) is 14.3. The van der Waals surface area contributed by atoms with Crippen molar-refractivity contribution in [2.45, 2.75) is 11.4 Å². The van der Waals surface area contributed by atoms with Crippen LogP contribution < -0.4 is 0 Å². The molecule has 23 heavy (non-hydrogen) atoms. The van der Waals surface area contributed by atoms with Crippen LogP contribution in [0.3, 0.4) is 0 Å². The molecule has 0 radical (unpaired) electrons. The van der Waals surface area contributed by atoms with Gasteiger partial charge in [0.05, 0.1) is 38.0 Å². The highest BCUT2D eigenvalue weighted by Gasteiger charge is 2.11. The molecule has 0 aliphatic heterocycles. The molecule has 0 atom stereocenters. The van der Waals surface area contributed by atoms with E-state index in [2.05, 4.69) is 16.0 Å². The fraction of sp³-hybridized carbons (Fsp3) is 0.125. The number of sulfone groups is 1. The molecule has 5 nitrogen and oxygen atoms in total. The van der Waals surface area contributed by atoms with Gasteiger partial charge in [-0.05, 0) is 35.9 Å². The Morgan fingerprint density at radius 2 is 1.91 bits per heavy atom. The van der Waals surface area contributed by atoms with E-state index in [0.717, 1.165) is 26.8 Å². The SMILES string of the molecule is CS(=O)(=O)c1ccc2ncn(Cc3ccc4ncsc4c3)c2c1. The highest BCUT2D eigenvalue weighted by Crippen LogP contribution is 2.22. The first-order chi connectivity index (χ1) is 11.0. The molecule has 0 aliphatic rings. The number of benzene rings is 2. The standard InChI is InChI=1S/C16H13N3O2S2/c1-23(20,21)12-3-5-13-15(7-12)19(9-17-13)8-11-2-4-14-16(6-11)22-10-18-14/h2-7,9-10H,8H2,1H3. The maximum Gasteiger partial charge on any atom is 0.175 e. The van der Waals surface area contributed by atoms with Crippen molar-refractivity contribution in [3.8, 4) is 0 Å². The van der Waals surface area contributed by atoms with Gasteiger partial charge in [0.1, 0.15) is 0 Å². The number of rotatable bonds is 3. The van der Waals surface area contributed by atoms with Crippen molar-refractivity contribution in [2.24, 2.45) is 0 Å². The lowest BCUT2D eigenvalue weighted by molar-refractivity contribution is 0.602. The fourth-order valence-corrected chi connectivity index (χ4v) is 3.97. The van der Waals surface area contributed by atoms with Gasteiger partial charge in [-0.15, -0.1) is 11.3 Å². The van der Waals surface area contributed by atoms with Crippen LogP contribution in [-0.2, 0) is 16.4 Å². The lowest BCUT2D eigenvalue weighted by Gasteiger charge is -2.06. The molecule has 0 unspecified atom stereocenters. The topological polar surface area (TPSA) is 64.8 Å². The molecular formula is C16H13N3O2S2. The Balaban J connectivity index is 1.78. The molecule has 4 rings (SSSR count). The minimum absolute atomic E-state index is 0.310. The predicted octanol–water partition coefficient (Wildman–Crippen LogP) is 3.10. The van der Waals surface area contributed by atoms with Crippen LogP contribution in [0.25, 0.3) is 21.3 Å². The Bertz CT molecular complexity index is 1130. The van der Waals surface area contributed by atoms with Crippen LogP contribution in [0.1, 0.15) is 5.56 Å². The summed E-state index contributed by atoms with van der Waals surface area (Å²) in [5.41, 5.74) is 5.56. The molecule has 2 aromatic heterocycles. The van der Waals surface area contributed by atoms with E-state index >= 15 is 0 Å². The van der Waals surface area contributed by atoms with Gasteiger partial charge in [0.25, 0.3) is 0 Å². The molecule has 0 saturated heterocycles. The summed E-state index contributed by atoms with van der Waals surface area (Å²) in [6.45, 7) is 0.636. The summed E-state index contributed by atoms with van der Waals surface area (Å²) >= 11 is 1.61. The third-order valence-corrected chi connectivity index (χ3v) is 5.67. The lowest BCUT2D eigenvalue weighted by atomic mass is 10.2. The molecule has 0 N–H and O–H groups in total. The van der Waals surface area contributed by atoms with E-state index in [1.54, 1.807) is 35.9 Å². The Morgan fingerprint density at radius 3 is 2.74 bits per heavy atom. The zero-order valence-electron chi connectivity index (χ0n) is 12.3. The Kier molecular flexibility index (Phi) is 3.21. The highest BCUT2D eigenvalue weighted by atomic mass is 32.2. The average molecular weight is 343 g/mol. The van der Waals surface area contributed by atoms with Crippen molar-refractivity contribution in [1.82, 2.24) is 14.5 Å². The smallest absolute Gasteiger partial charge is 0.175 e. The molecule has 7 heteroatoms. The molecule has 2 aromatic carbocycles. The lowest BCUT2D eigenvalue weighted by Crippen LogP contribution is -2.00. The monoisotopic (exact) mass is 343 g/mol. The highest BCUT2D eigenvalue weighted by molar-refractivity contribution is 7.90. The first-order valence-electron chi connectivity index (χ1n) is 6.98. The third-order valence-electron chi connectivity index (χ3n) is 3.77. The van der Waals surface area contributed by atoms with E-state index in [1.807, 2.05) is 22.2 Å². The maximum atomic E-state index is 11.7. The number of thiazole rings is 1. The molecule has 0 fully saturated rings. The van der Waals surface area contributed by atoms with E-state index in [1.165, 1.54) is 6.26 Å². The van der Waals surface area contributed by atoms with Gasteiger partial charge < -0.3 is 4.57 Å². The van der Waals surface area contributed by atoms with Gasteiger partial charge in [0.2, 0.25) is 0 Å². The van der Waals surface area contributed by atoms with Crippen molar-refractivity contribution < 1.29 is 8.42 Å². The van der Waals surface area contributed by atoms with Gasteiger partial charge in [-0.25, -0.2) is 18.4 Å². The summed E-state index contributed by atoms with van der Waals surface area (Å²) in [6, 6.07) is 11.2. The Morgan fingerprint density at radius 1 is 1.09 bits per heavy atom. The van der Waals surface area contributed by atoms with Gasteiger partial charge in [0, 0.05) is 12.8 Å². The molecule has 0 amide bonds. The van der Waals surface area contributed by atoms with Crippen LogP contribution in [0, 0.1) is 0 Å². The molecule has 0 spiro atoms. The second-order valence-corrected chi connectivity index (χ2v) is 8.35. The van der Waals surface area contributed by atoms with Crippen LogP contribution in [0.4, 0.5) is 0 Å². The van der Waals surface area contributed by atoms with Crippen molar-refractivity contribution in [2.75, 3.05) is 6.26 Å². The van der Waals surface area contributed by atoms with Gasteiger partial charge >= 0.3 is 0 Å². The van der Waals surface area contributed by atoms with Crippen LogP contribution >= 0.6 is 11.3 Å². The van der Waals surface area contributed by atoms with Gasteiger partial charge in [0.15, 0.2) is 9.84 Å². The normalized spacial score (nSPS) is 12.2. The summed E-state index contributed by atoms with van der Waals surface area (Å²) in [6.07, 6.45) is 2.96. The van der Waals surface area contributed by atoms with Gasteiger partial charge in [-0.2, -0.15) is 0 Å². The molecular weight excluding hydrogens is 330 g/mol. The van der Waals surface area contributed by atoms with E-state index in [9.17, 15) is 8.42 Å². The van der Waals surface area contributed by atoms with Crippen molar-refractivity contribution >= 4 is 42.4 Å². The van der Waals surface area contributed by atoms with Crippen molar-refractivity contribution in [3.63, 3.8) is 0 Å². The number of aromatic nitrogens is 3. The second kappa shape index (κ2) is 5.14. The number of hydrogen-bond donors (Lipinski definition) is 0. The van der Waals surface area contributed by atoms with E-state index in [-0.39, 0.29) is 0 Å². The summed E-state index contributed by atoms with van der Waals surface area (Å²) in [7, 11) is -3.23.